The van der Waals surface area contributed by atoms with Gasteiger partial charge in [-0.15, -0.1) is 0 Å². The van der Waals surface area contributed by atoms with Crippen LogP contribution >= 0.6 is 0 Å². The van der Waals surface area contributed by atoms with Gasteiger partial charge < -0.3 is 14.8 Å². The highest BCUT2D eigenvalue weighted by Gasteiger charge is 2.07. The number of aliphatic hydroxyl groups excluding tert-OH is 1. The van der Waals surface area contributed by atoms with E-state index in [2.05, 4.69) is 5.32 Å². The van der Waals surface area contributed by atoms with Gasteiger partial charge in [-0.05, 0) is 31.0 Å². The highest BCUT2D eigenvalue weighted by molar-refractivity contribution is 4.97. The van der Waals surface area contributed by atoms with Gasteiger partial charge >= 0.3 is 0 Å². The number of furan rings is 1. The lowest BCUT2D eigenvalue weighted by Gasteiger charge is -2.13. The Balaban J connectivity index is 2.05. The van der Waals surface area contributed by atoms with Crippen molar-refractivity contribution in [2.75, 3.05) is 6.54 Å². The predicted octanol–water partition coefficient (Wildman–Crippen LogP) is 1.78. The number of rotatable bonds is 6. The topological polar surface area (TPSA) is 45.4 Å². The summed E-state index contributed by atoms with van der Waals surface area (Å²) in [5.41, 5.74) is 0. The van der Waals surface area contributed by atoms with Crippen LogP contribution in [0.1, 0.15) is 26.0 Å². The lowest BCUT2D eigenvalue weighted by molar-refractivity contribution is 0.116. The molecule has 0 saturated heterocycles. The third kappa shape index (κ3) is 3.94. The van der Waals surface area contributed by atoms with Crippen molar-refractivity contribution in [3.8, 4) is 0 Å². The van der Waals surface area contributed by atoms with Crippen LogP contribution in [-0.2, 0) is 6.54 Å². The molecule has 0 saturated carbocycles. The quantitative estimate of drug-likeness (QED) is 0.683. The molecule has 2 N–H and O–H groups in total. The Labute approximate surface area is 85.1 Å². The summed E-state index contributed by atoms with van der Waals surface area (Å²) in [6, 6.07) is 3.81. The number of hydrogen-bond acceptors (Lipinski definition) is 3. The van der Waals surface area contributed by atoms with E-state index in [0.29, 0.717) is 5.92 Å². The van der Waals surface area contributed by atoms with Crippen LogP contribution in [-0.4, -0.2) is 17.8 Å². The normalized spacial score (nSPS) is 13.4. The molecule has 0 bridgehead atoms. The van der Waals surface area contributed by atoms with Gasteiger partial charge in [0.1, 0.15) is 5.76 Å². The van der Waals surface area contributed by atoms with Crippen LogP contribution in [0.5, 0.6) is 0 Å². The summed E-state index contributed by atoms with van der Waals surface area (Å²) in [5, 5.41) is 12.7. The van der Waals surface area contributed by atoms with Crippen LogP contribution in [0, 0.1) is 5.92 Å². The maximum absolute atomic E-state index is 9.52. The Morgan fingerprint density at radius 1 is 1.50 bits per heavy atom. The standard InChI is InChI=1S/C11H19NO2/c1-9(2)11(13)5-6-12-8-10-4-3-7-14-10/h3-4,7,9,11-13H,5-6,8H2,1-2H3. The minimum atomic E-state index is -0.209. The van der Waals surface area contributed by atoms with Gasteiger partial charge in [-0.2, -0.15) is 0 Å². The SMILES string of the molecule is CC(C)C(O)CCNCc1ccco1. The maximum atomic E-state index is 9.52. The van der Waals surface area contributed by atoms with E-state index in [1.165, 1.54) is 0 Å². The number of hydrogen-bond donors (Lipinski definition) is 2. The van der Waals surface area contributed by atoms with Crippen molar-refractivity contribution >= 4 is 0 Å². The molecule has 1 aromatic rings. The molecule has 1 unspecified atom stereocenters. The summed E-state index contributed by atoms with van der Waals surface area (Å²) in [6.45, 7) is 5.60. The first-order valence-corrected chi connectivity index (χ1v) is 5.11. The third-order valence-electron chi connectivity index (χ3n) is 2.27. The molecule has 14 heavy (non-hydrogen) atoms. The second-order valence-electron chi connectivity index (χ2n) is 3.86. The third-order valence-corrected chi connectivity index (χ3v) is 2.27. The van der Waals surface area contributed by atoms with Gasteiger partial charge in [-0.25, -0.2) is 0 Å². The predicted molar refractivity (Wildman–Crippen MR) is 55.9 cm³/mol. The van der Waals surface area contributed by atoms with Gasteiger partial charge in [0.25, 0.3) is 0 Å². The van der Waals surface area contributed by atoms with E-state index in [0.717, 1.165) is 25.3 Å². The molecule has 0 aliphatic rings. The summed E-state index contributed by atoms with van der Waals surface area (Å²) < 4.78 is 5.16. The number of aliphatic hydroxyl groups is 1. The fourth-order valence-electron chi connectivity index (χ4n) is 1.21. The number of nitrogens with one attached hydrogen (secondary N) is 1. The maximum Gasteiger partial charge on any atom is 0.117 e. The van der Waals surface area contributed by atoms with Crippen LogP contribution in [0.25, 0.3) is 0 Å². The molecule has 0 aromatic carbocycles. The molecule has 1 aromatic heterocycles. The van der Waals surface area contributed by atoms with E-state index in [-0.39, 0.29) is 6.10 Å². The summed E-state index contributed by atoms with van der Waals surface area (Å²) in [4.78, 5) is 0. The van der Waals surface area contributed by atoms with Gasteiger partial charge in [0.05, 0.1) is 18.9 Å². The van der Waals surface area contributed by atoms with Crippen molar-refractivity contribution in [1.29, 1.82) is 0 Å². The minimum absolute atomic E-state index is 0.209. The van der Waals surface area contributed by atoms with Crippen molar-refractivity contribution in [2.45, 2.75) is 32.9 Å². The summed E-state index contributed by atoms with van der Waals surface area (Å²) >= 11 is 0. The van der Waals surface area contributed by atoms with Crippen LogP contribution in [0.4, 0.5) is 0 Å². The zero-order valence-corrected chi connectivity index (χ0v) is 8.86. The summed E-state index contributed by atoms with van der Waals surface area (Å²) in [7, 11) is 0. The molecule has 0 aliphatic heterocycles. The first-order chi connectivity index (χ1) is 6.70. The zero-order chi connectivity index (χ0) is 10.4. The molecule has 1 atom stereocenters. The van der Waals surface area contributed by atoms with Gasteiger partial charge in [-0.3, -0.25) is 0 Å². The van der Waals surface area contributed by atoms with Crippen molar-refractivity contribution < 1.29 is 9.52 Å². The molecule has 3 nitrogen and oxygen atoms in total. The average Bonchev–Trinajstić information content (AvgIpc) is 2.64. The molecule has 1 heterocycles. The molecule has 0 aliphatic carbocycles. The minimum Gasteiger partial charge on any atom is -0.468 e. The lowest BCUT2D eigenvalue weighted by Crippen LogP contribution is -2.23. The van der Waals surface area contributed by atoms with Gasteiger partial charge in [0.15, 0.2) is 0 Å². The Morgan fingerprint density at radius 2 is 2.29 bits per heavy atom. The van der Waals surface area contributed by atoms with Crippen molar-refractivity contribution in [2.24, 2.45) is 5.92 Å². The Hall–Kier alpha value is -0.800. The van der Waals surface area contributed by atoms with Crippen molar-refractivity contribution in [3.63, 3.8) is 0 Å². The lowest BCUT2D eigenvalue weighted by atomic mass is 10.0. The van der Waals surface area contributed by atoms with E-state index in [1.807, 2.05) is 26.0 Å². The van der Waals surface area contributed by atoms with E-state index >= 15 is 0 Å². The molecule has 3 heteroatoms. The largest absolute Gasteiger partial charge is 0.468 e. The molecule has 0 fully saturated rings. The van der Waals surface area contributed by atoms with Crippen molar-refractivity contribution in [1.82, 2.24) is 5.32 Å². The fraction of sp³-hybridized carbons (Fsp3) is 0.636. The van der Waals surface area contributed by atoms with Crippen LogP contribution in [0.15, 0.2) is 22.8 Å². The Kier molecular flexibility index (Phi) is 4.70. The monoisotopic (exact) mass is 197 g/mol. The highest BCUT2D eigenvalue weighted by Crippen LogP contribution is 2.04. The highest BCUT2D eigenvalue weighted by atomic mass is 16.3. The zero-order valence-electron chi connectivity index (χ0n) is 8.86. The average molecular weight is 197 g/mol. The van der Waals surface area contributed by atoms with E-state index in [4.69, 9.17) is 4.42 Å². The first kappa shape index (κ1) is 11.3. The van der Waals surface area contributed by atoms with E-state index in [9.17, 15) is 5.11 Å². The van der Waals surface area contributed by atoms with Crippen LogP contribution in [0.2, 0.25) is 0 Å². The Morgan fingerprint density at radius 3 is 2.86 bits per heavy atom. The smallest absolute Gasteiger partial charge is 0.117 e. The Bertz CT molecular complexity index is 231. The van der Waals surface area contributed by atoms with E-state index in [1.54, 1.807) is 6.26 Å². The second kappa shape index (κ2) is 5.83. The van der Waals surface area contributed by atoms with Crippen LogP contribution in [0.3, 0.4) is 0 Å². The molecular formula is C11H19NO2. The van der Waals surface area contributed by atoms with Crippen molar-refractivity contribution in [3.05, 3.63) is 24.2 Å². The van der Waals surface area contributed by atoms with Crippen LogP contribution < -0.4 is 5.32 Å². The molecule has 1 rings (SSSR count). The molecule has 0 amide bonds. The fourth-order valence-corrected chi connectivity index (χ4v) is 1.21. The van der Waals surface area contributed by atoms with Gasteiger partial charge in [0, 0.05) is 0 Å². The molecule has 80 valence electrons. The molecule has 0 spiro atoms. The molecular weight excluding hydrogens is 178 g/mol. The first-order valence-electron chi connectivity index (χ1n) is 5.11. The van der Waals surface area contributed by atoms with E-state index < -0.39 is 0 Å². The molecule has 0 radical (unpaired) electrons. The van der Waals surface area contributed by atoms with Gasteiger partial charge in [-0.1, -0.05) is 13.8 Å². The summed E-state index contributed by atoms with van der Waals surface area (Å²) in [6.07, 6.45) is 2.25. The van der Waals surface area contributed by atoms with Gasteiger partial charge in [0.2, 0.25) is 0 Å². The summed E-state index contributed by atoms with van der Waals surface area (Å²) in [5.74, 6) is 1.27. The second-order valence-corrected chi connectivity index (χ2v) is 3.86.